The zero-order chi connectivity index (χ0) is 11.1. The van der Waals surface area contributed by atoms with Gasteiger partial charge in [0.25, 0.3) is 0 Å². The van der Waals surface area contributed by atoms with E-state index < -0.39 is 11.6 Å². The van der Waals surface area contributed by atoms with Crippen molar-refractivity contribution in [1.29, 1.82) is 0 Å². The van der Waals surface area contributed by atoms with Gasteiger partial charge in [-0.2, -0.15) is 0 Å². The third-order valence-electron chi connectivity index (χ3n) is 3.24. The summed E-state index contributed by atoms with van der Waals surface area (Å²) in [4.78, 5) is 11.0. The number of carboxylic acids is 1. The van der Waals surface area contributed by atoms with Crippen LogP contribution in [0.5, 0.6) is 0 Å². The summed E-state index contributed by atoms with van der Waals surface area (Å²) in [5.41, 5.74) is 0.473. The molecule has 0 spiro atoms. The highest BCUT2D eigenvalue weighted by Gasteiger charge is 2.43. The molecular formula is C12H14O3. The summed E-state index contributed by atoms with van der Waals surface area (Å²) in [6.45, 7) is 1.38. The summed E-state index contributed by atoms with van der Waals surface area (Å²) in [5.74, 6) is -1.43. The Hall–Kier alpha value is -1.35. The Morgan fingerprint density at radius 3 is 2.80 bits per heavy atom. The maximum atomic E-state index is 11.0. The van der Waals surface area contributed by atoms with Gasteiger partial charge in [0, 0.05) is 5.92 Å². The molecule has 0 heterocycles. The van der Waals surface area contributed by atoms with E-state index in [2.05, 4.69) is 0 Å². The van der Waals surface area contributed by atoms with Gasteiger partial charge in [-0.1, -0.05) is 24.3 Å². The van der Waals surface area contributed by atoms with Crippen LogP contribution in [0.4, 0.5) is 0 Å². The number of aliphatic hydroxyl groups is 1. The lowest BCUT2D eigenvalue weighted by Gasteiger charge is -2.26. The molecule has 15 heavy (non-hydrogen) atoms. The van der Waals surface area contributed by atoms with Crippen LogP contribution in [0.2, 0.25) is 0 Å². The number of aryl methyl sites for hydroxylation is 1. The number of benzene rings is 1. The van der Waals surface area contributed by atoms with Crippen molar-refractivity contribution < 1.29 is 15.0 Å². The quantitative estimate of drug-likeness (QED) is 0.771. The summed E-state index contributed by atoms with van der Waals surface area (Å²) < 4.78 is 0. The largest absolute Gasteiger partial charge is 0.479 e. The van der Waals surface area contributed by atoms with Crippen molar-refractivity contribution in [3.05, 3.63) is 35.4 Å². The van der Waals surface area contributed by atoms with Crippen LogP contribution in [0.25, 0.3) is 0 Å². The number of carboxylic acid groups (broad SMARTS) is 1. The Morgan fingerprint density at radius 2 is 2.13 bits per heavy atom. The van der Waals surface area contributed by atoms with Crippen LogP contribution in [-0.2, 0) is 11.2 Å². The van der Waals surface area contributed by atoms with E-state index in [1.165, 1.54) is 6.92 Å². The van der Waals surface area contributed by atoms with Crippen LogP contribution in [0.1, 0.15) is 30.4 Å². The summed E-state index contributed by atoms with van der Waals surface area (Å²) in [7, 11) is 0. The first-order valence-electron chi connectivity index (χ1n) is 5.07. The van der Waals surface area contributed by atoms with Gasteiger partial charge in [0.15, 0.2) is 5.60 Å². The highest BCUT2D eigenvalue weighted by atomic mass is 16.4. The fourth-order valence-electron chi connectivity index (χ4n) is 2.29. The molecular weight excluding hydrogens is 192 g/mol. The molecule has 1 aliphatic rings. The number of aliphatic carboxylic acids is 1. The average molecular weight is 206 g/mol. The van der Waals surface area contributed by atoms with E-state index in [0.29, 0.717) is 6.42 Å². The van der Waals surface area contributed by atoms with Gasteiger partial charge in [-0.25, -0.2) is 4.79 Å². The molecule has 0 aliphatic heterocycles. The second-order valence-corrected chi connectivity index (χ2v) is 4.24. The third kappa shape index (κ3) is 1.53. The number of hydrogen-bond donors (Lipinski definition) is 2. The van der Waals surface area contributed by atoms with Crippen LogP contribution >= 0.6 is 0 Å². The Kier molecular flexibility index (Phi) is 2.27. The number of carbonyl (C=O) groups is 1. The Labute approximate surface area is 88.4 Å². The first-order chi connectivity index (χ1) is 7.03. The van der Waals surface area contributed by atoms with Crippen LogP contribution in [0, 0.1) is 0 Å². The van der Waals surface area contributed by atoms with E-state index in [1.807, 2.05) is 24.3 Å². The minimum Gasteiger partial charge on any atom is -0.479 e. The molecule has 2 N–H and O–H groups in total. The standard InChI is InChI=1S/C12H14O3/c1-12(15,11(13)14)10-7-6-8-4-2-3-5-9(8)10/h2-5,10,15H,6-7H2,1H3,(H,13,14). The zero-order valence-electron chi connectivity index (χ0n) is 8.60. The summed E-state index contributed by atoms with van der Waals surface area (Å²) in [6.07, 6.45) is 1.56. The highest BCUT2D eigenvalue weighted by molar-refractivity contribution is 5.78. The van der Waals surface area contributed by atoms with Crippen molar-refractivity contribution in [2.45, 2.75) is 31.3 Å². The van der Waals surface area contributed by atoms with Gasteiger partial charge < -0.3 is 10.2 Å². The highest BCUT2D eigenvalue weighted by Crippen LogP contribution is 2.40. The van der Waals surface area contributed by atoms with Crippen LogP contribution in [-0.4, -0.2) is 21.8 Å². The molecule has 1 aromatic carbocycles. The van der Waals surface area contributed by atoms with E-state index in [9.17, 15) is 9.90 Å². The fraction of sp³-hybridized carbons (Fsp3) is 0.417. The zero-order valence-corrected chi connectivity index (χ0v) is 8.60. The van der Waals surface area contributed by atoms with Gasteiger partial charge in [-0.15, -0.1) is 0 Å². The Balaban J connectivity index is 2.39. The van der Waals surface area contributed by atoms with Gasteiger partial charge in [-0.3, -0.25) is 0 Å². The molecule has 1 aliphatic carbocycles. The number of hydrogen-bond acceptors (Lipinski definition) is 2. The molecule has 0 radical (unpaired) electrons. The molecule has 0 amide bonds. The lowest BCUT2D eigenvalue weighted by molar-refractivity contribution is -0.159. The van der Waals surface area contributed by atoms with Gasteiger partial charge in [0.1, 0.15) is 0 Å². The van der Waals surface area contributed by atoms with Crippen LogP contribution in [0.3, 0.4) is 0 Å². The minimum absolute atomic E-state index is 0.286. The SMILES string of the molecule is CC(O)(C(=O)O)C1CCc2ccccc21. The molecule has 3 heteroatoms. The van der Waals surface area contributed by atoms with E-state index in [4.69, 9.17) is 5.11 Å². The topological polar surface area (TPSA) is 57.5 Å². The van der Waals surface area contributed by atoms with Crippen molar-refractivity contribution in [3.63, 3.8) is 0 Å². The molecule has 2 unspecified atom stereocenters. The van der Waals surface area contributed by atoms with E-state index >= 15 is 0 Å². The Morgan fingerprint density at radius 1 is 1.47 bits per heavy atom. The second kappa shape index (κ2) is 3.35. The predicted molar refractivity (Wildman–Crippen MR) is 55.8 cm³/mol. The van der Waals surface area contributed by atoms with Crippen LogP contribution in [0.15, 0.2) is 24.3 Å². The fourth-order valence-corrected chi connectivity index (χ4v) is 2.29. The van der Waals surface area contributed by atoms with Gasteiger partial charge in [-0.05, 0) is 30.9 Å². The molecule has 0 fully saturated rings. The predicted octanol–water partition coefficient (Wildman–Crippen LogP) is 1.55. The van der Waals surface area contributed by atoms with Crippen molar-refractivity contribution in [2.24, 2.45) is 0 Å². The van der Waals surface area contributed by atoms with Gasteiger partial charge in [0.2, 0.25) is 0 Å². The smallest absolute Gasteiger partial charge is 0.336 e. The average Bonchev–Trinajstić information content (AvgIpc) is 2.61. The first kappa shape index (κ1) is 10.2. The molecule has 0 bridgehead atoms. The number of rotatable bonds is 2. The van der Waals surface area contributed by atoms with Crippen molar-refractivity contribution in [3.8, 4) is 0 Å². The summed E-state index contributed by atoms with van der Waals surface area (Å²) in [6, 6.07) is 7.73. The molecule has 0 aromatic heterocycles. The maximum absolute atomic E-state index is 11.0. The normalized spacial score (nSPS) is 23.2. The first-order valence-corrected chi connectivity index (χ1v) is 5.07. The Bertz CT molecular complexity index is 396. The van der Waals surface area contributed by atoms with Crippen molar-refractivity contribution in [1.82, 2.24) is 0 Å². The molecule has 2 rings (SSSR count). The molecule has 3 nitrogen and oxygen atoms in total. The van der Waals surface area contributed by atoms with Crippen molar-refractivity contribution in [2.75, 3.05) is 0 Å². The third-order valence-corrected chi connectivity index (χ3v) is 3.24. The molecule has 0 saturated heterocycles. The lowest BCUT2D eigenvalue weighted by Crippen LogP contribution is -2.40. The van der Waals surface area contributed by atoms with Gasteiger partial charge in [0.05, 0.1) is 0 Å². The second-order valence-electron chi connectivity index (χ2n) is 4.24. The minimum atomic E-state index is -1.66. The summed E-state index contributed by atoms with van der Waals surface area (Å²) in [5, 5.41) is 18.9. The van der Waals surface area contributed by atoms with Crippen molar-refractivity contribution >= 4 is 5.97 Å². The van der Waals surface area contributed by atoms with Gasteiger partial charge >= 0.3 is 5.97 Å². The monoisotopic (exact) mass is 206 g/mol. The molecule has 80 valence electrons. The van der Waals surface area contributed by atoms with E-state index in [-0.39, 0.29) is 5.92 Å². The number of fused-ring (bicyclic) bond motifs is 1. The summed E-state index contributed by atoms with van der Waals surface area (Å²) >= 11 is 0. The van der Waals surface area contributed by atoms with E-state index in [0.717, 1.165) is 17.5 Å². The molecule has 2 atom stereocenters. The van der Waals surface area contributed by atoms with E-state index in [1.54, 1.807) is 0 Å². The molecule has 1 aromatic rings. The lowest BCUT2D eigenvalue weighted by atomic mass is 9.84. The molecule has 0 saturated carbocycles. The van der Waals surface area contributed by atoms with Crippen LogP contribution < -0.4 is 0 Å². The maximum Gasteiger partial charge on any atom is 0.336 e.